The molecule has 2 aliphatic heterocycles. The number of likely N-dealkylation sites (N-methyl/N-ethyl adjacent to an activating group) is 1. The molecule has 4 rings (SSSR count). The van der Waals surface area contributed by atoms with Gasteiger partial charge in [-0.2, -0.15) is 4.98 Å². The summed E-state index contributed by atoms with van der Waals surface area (Å²) < 4.78 is 10.4. The Hall–Kier alpha value is -2.25. The maximum Gasteiger partial charge on any atom is 0.240 e. The number of amides is 1. The monoisotopic (exact) mass is 356 g/mol. The van der Waals surface area contributed by atoms with E-state index in [0.29, 0.717) is 37.8 Å². The van der Waals surface area contributed by atoms with Crippen molar-refractivity contribution in [1.29, 1.82) is 0 Å². The molecule has 1 fully saturated rings. The first-order chi connectivity index (χ1) is 12.6. The van der Waals surface area contributed by atoms with Gasteiger partial charge in [-0.3, -0.25) is 9.69 Å². The van der Waals surface area contributed by atoms with Crippen molar-refractivity contribution in [3.05, 3.63) is 41.5 Å². The minimum atomic E-state index is -0.456. The van der Waals surface area contributed by atoms with E-state index in [-0.39, 0.29) is 5.91 Å². The van der Waals surface area contributed by atoms with Crippen LogP contribution in [0, 0.1) is 0 Å². The lowest BCUT2D eigenvalue weighted by Crippen LogP contribution is -2.51. The molecule has 0 saturated carbocycles. The number of benzene rings is 1. The van der Waals surface area contributed by atoms with E-state index in [1.54, 1.807) is 12.0 Å². The summed E-state index contributed by atoms with van der Waals surface area (Å²) in [7, 11) is 3.52. The zero-order valence-electron chi connectivity index (χ0n) is 15.3. The standard InChI is InChI=1S/C19H24N4O3/c1-22-15-7-4-3-6-14(15)19(18(22)24)9-5-10-23(13-19)12-17-20-16(21-26-17)8-11-25-2/h3-4,6-7H,5,8-13H2,1-2H3/t19-/m1/s1. The van der Waals surface area contributed by atoms with E-state index < -0.39 is 5.41 Å². The number of hydrogen-bond donors (Lipinski definition) is 0. The molecule has 0 bridgehead atoms. The number of rotatable bonds is 5. The second-order valence-electron chi connectivity index (χ2n) is 7.12. The van der Waals surface area contributed by atoms with Gasteiger partial charge in [0.15, 0.2) is 5.82 Å². The first-order valence-corrected chi connectivity index (χ1v) is 9.04. The molecule has 0 radical (unpaired) electrons. The van der Waals surface area contributed by atoms with Gasteiger partial charge >= 0.3 is 0 Å². The summed E-state index contributed by atoms with van der Waals surface area (Å²) in [5.41, 5.74) is 1.71. The van der Waals surface area contributed by atoms with E-state index in [1.807, 2.05) is 25.2 Å². The maximum atomic E-state index is 13.1. The first-order valence-electron chi connectivity index (χ1n) is 9.04. The zero-order valence-corrected chi connectivity index (χ0v) is 15.3. The number of anilines is 1. The second kappa shape index (κ2) is 6.81. The lowest BCUT2D eigenvalue weighted by atomic mass is 9.75. The molecule has 138 valence electrons. The van der Waals surface area contributed by atoms with Crippen LogP contribution in [0.5, 0.6) is 0 Å². The molecule has 2 aliphatic rings. The SMILES string of the molecule is COCCc1noc(CN2CCC[C@]3(C2)C(=O)N(C)c2ccccc23)n1. The molecule has 1 aromatic heterocycles. The van der Waals surface area contributed by atoms with Crippen LogP contribution < -0.4 is 4.90 Å². The molecule has 26 heavy (non-hydrogen) atoms. The molecular formula is C19H24N4O3. The number of ether oxygens (including phenoxy) is 1. The summed E-state index contributed by atoms with van der Waals surface area (Å²) in [6, 6.07) is 8.13. The van der Waals surface area contributed by atoms with Crippen molar-refractivity contribution in [2.75, 3.05) is 38.8 Å². The van der Waals surface area contributed by atoms with Crippen LogP contribution in [0.3, 0.4) is 0 Å². The summed E-state index contributed by atoms with van der Waals surface area (Å²) >= 11 is 0. The van der Waals surface area contributed by atoms with Gasteiger partial charge in [0.2, 0.25) is 11.8 Å². The lowest BCUT2D eigenvalue weighted by molar-refractivity contribution is -0.125. The molecule has 1 aromatic carbocycles. The second-order valence-corrected chi connectivity index (χ2v) is 7.12. The number of methoxy groups -OCH3 is 1. The third-order valence-electron chi connectivity index (χ3n) is 5.47. The van der Waals surface area contributed by atoms with Crippen LogP contribution in [0.4, 0.5) is 5.69 Å². The highest BCUT2D eigenvalue weighted by molar-refractivity contribution is 6.08. The van der Waals surface area contributed by atoms with E-state index in [2.05, 4.69) is 21.1 Å². The molecular weight excluding hydrogens is 332 g/mol. The fourth-order valence-corrected chi connectivity index (χ4v) is 4.23. The summed E-state index contributed by atoms with van der Waals surface area (Å²) in [4.78, 5) is 21.6. The van der Waals surface area contributed by atoms with Gasteiger partial charge in [0.05, 0.1) is 18.6 Å². The highest BCUT2D eigenvalue weighted by Gasteiger charge is 2.51. The highest BCUT2D eigenvalue weighted by atomic mass is 16.5. The minimum absolute atomic E-state index is 0.190. The number of carbonyl (C=O) groups is 1. The third-order valence-corrected chi connectivity index (χ3v) is 5.47. The summed E-state index contributed by atoms with van der Waals surface area (Å²) in [6.45, 7) is 2.75. The number of carbonyl (C=O) groups excluding carboxylic acids is 1. The smallest absolute Gasteiger partial charge is 0.240 e. The first kappa shape index (κ1) is 17.2. The average molecular weight is 356 g/mol. The van der Waals surface area contributed by atoms with Crippen LogP contribution in [0.1, 0.15) is 30.1 Å². The van der Waals surface area contributed by atoms with E-state index >= 15 is 0 Å². The maximum absolute atomic E-state index is 13.1. The third kappa shape index (κ3) is 2.81. The van der Waals surface area contributed by atoms with E-state index in [0.717, 1.165) is 30.6 Å². The molecule has 0 aliphatic carbocycles. The number of hydrogen-bond acceptors (Lipinski definition) is 6. The summed E-state index contributed by atoms with van der Waals surface area (Å²) in [5, 5.41) is 4.00. The summed E-state index contributed by atoms with van der Waals surface area (Å²) in [5.74, 6) is 1.45. The Bertz CT molecular complexity index is 806. The largest absolute Gasteiger partial charge is 0.384 e. The van der Waals surface area contributed by atoms with Crippen LogP contribution in [0.2, 0.25) is 0 Å². The number of piperidine rings is 1. The highest BCUT2D eigenvalue weighted by Crippen LogP contribution is 2.46. The van der Waals surface area contributed by atoms with Crippen LogP contribution in [-0.4, -0.2) is 54.8 Å². The summed E-state index contributed by atoms with van der Waals surface area (Å²) in [6.07, 6.45) is 2.49. The molecule has 0 unspecified atom stereocenters. The molecule has 2 aromatic rings. The number of nitrogens with zero attached hydrogens (tertiary/aromatic N) is 4. The van der Waals surface area contributed by atoms with Gasteiger partial charge in [0.1, 0.15) is 0 Å². The van der Waals surface area contributed by atoms with Gasteiger partial charge in [0, 0.05) is 32.8 Å². The van der Waals surface area contributed by atoms with Crippen molar-refractivity contribution < 1.29 is 14.1 Å². The molecule has 1 atom stereocenters. The Labute approximate surface area is 152 Å². The Morgan fingerprint density at radius 2 is 2.19 bits per heavy atom. The van der Waals surface area contributed by atoms with Gasteiger partial charge in [-0.25, -0.2) is 0 Å². The zero-order chi connectivity index (χ0) is 18.1. The van der Waals surface area contributed by atoms with Crippen molar-refractivity contribution in [3.63, 3.8) is 0 Å². The van der Waals surface area contributed by atoms with Gasteiger partial charge in [-0.1, -0.05) is 23.4 Å². The minimum Gasteiger partial charge on any atom is -0.384 e. The van der Waals surface area contributed by atoms with Crippen molar-refractivity contribution in [1.82, 2.24) is 15.0 Å². The van der Waals surface area contributed by atoms with E-state index in [1.165, 1.54) is 0 Å². The number of fused-ring (bicyclic) bond motifs is 2. The predicted molar refractivity (Wildman–Crippen MR) is 95.9 cm³/mol. The Morgan fingerprint density at radius 3 is 3.04 bits per heavy atom. The topological polar surface area (TPSA) is 71.7 Å². The molecule has 3 heterocycles. The van der Waals surface area contributed by atoms with Gasteiger partial charge in [0.25, 0.3) is 0 Å². The molecule has 1 saturated heterocycles. The average Bonchev–Trinajstić information content (AvgIpc) is 3.19. The van der Waals surface area contributed by atoms with Crippen molar-refractivity contribution in [2.45, 2.75) is 31.2 Å². The van der Waals surface area contributed by atoms with Crippen LogP contribution in [0.15, 0.2) is 28.8 Å². The van der Waals surface area contributed by atoms with Gasteiger partial charge in [-0.05, 0) is 31.0 Å². The van der Waals surface area contributed by atoms with Crippen molar-refractivity contribution in [3.8, 4) is 0 Å². The molecule has 1 spiro atoms. The molecule has 7 heteroatoms. The fourth-order valence-electron chi connectivity index (χ4n) is 4.23. The predicted octanol–water partition coefficient (Wildman–Crippen LogP) is 1.77. The van der Waals surface area contributed by atoms with Gasteiger partial charge in [-0.15, -0.1) is 0 Å². The number of aromatic nitrogens is 2. The molecule has 7 nitrogen and oxygen atoms in total. The number of likely N-dealkylation sites (tertiary alicyclic amines) is 1. The Morgan fingerprint density at radius 1 is 1.35 bits per heavy atom. The Kier molecular flexibility index (Phi) is 4.50. The normalized spacial score (nSPS) is 23.0. The van der Waals surface area contributed by atoms with Crippen LogP contribution in [-0.2, 0) is 27.9 Å². The quantitative estimate of drug-likeness (QED) is 0.813. The van der Waals surface area contributed by atoms with E-state index in [4.69, 9.17) is 9.26 Å². The van der Waals surface area contributed by atoms with Crippen molar-refractivity contribution in [2.24, 2.45) is 0 Å². The van der Waals surface area contributed by atoms with Crippen molar-refractivity contribution >= 4 is 11.6 Å². The molecule has 1 amide bonds. The van der Waals surface area contributed by atoms with Crippen LogP contribution in [0.25, 0.3) is 0 Å². The lowest BCUT2D eigenvalue weighted by Gasteiger charge is -2.38. The van der Waals surface area contributed by atoms with Gasteiger partial charge < -0.3 is 14.2 Å². The molecule has 0 N–H and O–H groups in total. The fraction of sp³-hybridized carbons (Fsp3) is 0.526. The van der Waals surface area contributed by atoms with E-state index in [9.17, 15) is 4.79 Å². The van der Waals surface area contributed by atoms with Crippen LogP contribution >= 0.6 is 0 Å². The Balaban J connectivity index is 1.53. The number of para-hydroxylation sites is 1.